The highest BCUT2D eigenvalue weighted by Crippen LogP contribution is 2.42. The minimum atomic E-state index is 0.0322. The summed E-state index contributed by atoms with van der Waals surface area (Å²) in [6, 6.07) is 30.5. The van der Waals surface area contributed by atoms with Crippen LogP contribution in [0.4, 0.5) is 0 Å². The maximum Gasteiger partial charge on any atom is 0.210 e. The summed E-state index contributed by atoms with van der Waals surface area (Å²) in [5.74, 6) is 1.44. The number of benzene rings is 4. The van der Waals surface area contributed by atoms with Crippen molar-refractivity contribution >= 4 is 16.6 Å². The number of ether oxygens (including phenoxy) is 2. The first-order valence-electron chi connectivity index (χ1n) is 11.8. The van der Waals surface area contributed by atoms with Gasteiger partial charge in [-0.15, -0.1) is 0 Å². The number of methoxy groups -OCH3 is 2. The van der Waals surface area contributed by atoms with Crippen molar-refractivity contribution in [3.63, 3.8) is 0 Å². The van der Waals surface area contributed by atoms with E-state index in [1.807, 2.05) is 60.7 Å². The van der Waals surface area contributed by atoms with E-state index < -0.39 is 0 Å². The van der Waals surface area contributed by atoms with Crippen LogP contribution in [0, 0.1) is 0 Å². The molecule has 172 valence electrons. The van der Waals surface area contributed by atoms with Gasteiger partial charge in [-0.05, 0) is 52.6 Å². The number of carbonyl (C=O) groups is 1. The fraction of sp³-hybridized carbons (Fsp3) is 0.129. The van der Waals surface area contributed by atoms with Crippen molar-refractivity contribution in [2.24, 2.45) is 0 Å². The minimum Gasteiger partial charge on any atom is -0.493 e. The zero-order chi connectivity index (χ0) is 23.9. The van der Waals surface area contributed by atoms with Crippen molar-refractivity contribution in [3.8, 4) is 33.9 Å². The van der Waals surface area contributed by atoms with Gasteiger partial charge in [0.15, 0.2) is 11.5 Å². The number of hydrogen-bond donors (Lipinski definition) is 0. The number of fused-ring (bicyclic) bond motifs is 4. The van der Waals surface area contributed by atoms with Gasteiger partial charge in [0.2, 0.25) is 5.78 Å². The predicted molar refractivity (Wildman–Crippen MR) is 139 cm³/mol. The Balaban J connectivity index is 1.57. The number of aromatic nitrogens is 1. The van der Waals surface area contributed by atoms with Crippen LogP contribution in [-0.2, 0) is 13.0 Å². The average molecular weight is 460 g/mol. The molecule has 0 amide bonds. The van der Waals surface area contributed by atoms with E-state index in [0.717, 1.165) is 57.6 Å². The highest BCUT2D eigenvalue weighted by atomic mass is 16.5. The molecule has 0 unspecified atom stereocenters. The second-order valence-electron chi connectivity index (χ2n) is 8.81. The maximum atomic E-state index is 14.1. The summed E-state index contributed by atoms with van der Waals surface area (Å²) in [6.07, 6.45) is 0.809. The molecule has 4 aromatic carbocycles. The van der Waals surface area contributed by atoms with E-state index in [-0.39, 0.29) is 5.78 Å². The highest BCUT2D eigenvalue weighted by Gasteiger charge is 2.28. The number of ketones is 1. The third-order valence-corrected chi connectivity index (χ3v) is 6.90. The Morgan fingerprint density at radius 3 is 2.23 bits per heavy atom. The Morgan fingerprint density at radius 1 is 0.743 bits per heavy atom. The van der Waals surface area contributed by atoms with E-state index >= 15 is 0 Å². The van der Waals surface area contributed by atoms with Crippen molar-refractivity contribution in [2.45, 2.75) is 13.0 Å². The van der Waals surface area contributed by atoms with Crippen LogP contribution >= 0.6 is 0 Å². The van der Waals surface area contributed by atoms with Crippen LogP contribution in [-0.4, -0.2) is 24.6 Å². The SMILES string of the molecule is COc1cc2c(cc1OC)-c1cc(-c3ccccc3)c(C(=O)c3ccc4ccccc4c3)n1CC2. The van der Waals surface area contributed by atoms with E-state index in [2.05, 4.69) is 34.9 Å². The lowest BCUT2D eigenvalue weighted by molar-refractivity contribution is 0.103. The molecule has 0 fully saturated rings. The molecule has 1 aliphatic rings. The second kappa shape index (κ2) is 8.48. The predicted octanol–water partition coefficient (Wildman–Crippen LogP) is 6.78. The molecule has 0 aliphatic carbocycles. The second-order valence-corrected chi connectivity index (χ2v) is 8.81. The Kier molecular flexibility index (Phi) is 5.14. The van der Waals surface area contributed by atoms with Gasteiger partial charge in [0, 0.05) is 28.9 Å². The molecular weight excluding hydrogens is 434 g/mol. The Morgan fingerprint density at radius 2 is 1.46 bits per heavy atom. The fourth-order valence-corrected chi connectivity index (χ4v) is 5.15. The molecule has 35 heavy (non-hydrogen) atoms. The van der Waals surface area contributed by atoms with Crippen molar-refractivity contribution in [1.29, 1.82) is 0 Å². The van der Waals surface area contributed by atoms with Crippen LogP contribution in [0.3, 0.4) is 0 Å². The average Bonchev–Trinajstić information content (AvgIpc) is 3.32. The standard InChI is InChI=1S/C31H25NO3/c1-34-28-17-23-14-15-32-27(25(23)19-29(28)35-2)18-26(21-9-4-3-5-10-21)30(32)31(33)24-13-12-20-8-6-7-11-22(20)16-24/h3-13,16-19H,14-15H2,1-2H3. The van der Waals surface area contributed by atoms with Gasteiger partial charge in [0.1, 0.15) is 0 Å². The van der Waals surface area contributed by atoms with Crippen LogP contribution in [0.2, 0.25) is 0 Å². The summed E-state index contributed by atoms with van der Waals surface area (Å²) in [7, 11) is 3.31. The molecule has 1 aromatic heterocycles. The van der Waals surface area contributed by atoms with Gasteiger partial charge in [-0.3, -0.25) is 4.79 Å². The molecule has 1 aliphatic heterocycles. The Hall–Kier alpha value is -4.31. The van der Waals surface area contributed by atoms with Gasteiger partial charge >= 0.3 is 0 Å². The lowest BCUT2D eigenvalue weighted by Gasteiger charge is -2.23. The number of carbonyl (C=O) groups excluding carboxylic acids is 1. The smallest absolute Gasteiger partial charge is 0.210 e. The van der Waals surface area contributed by atoms with E-state index in [0.29, 0.717) is 11.3 Å². The number of aryl methyl sites for hydroxylation is 1. The van der Waals surface area contributed by atoms with Crippen molar-refractivity contribution in [2.75, 3.05) is 14.2 Å². The van der Waals surface area contributed by atoms with E-state index in [9.17, 15) is 4.79 Å². The topological polar surface area (TPSA) is 40.5 Å². The van der Waals surface area contributed by atoms with Crippen LogP contribution in [0.25, 0.3) is 33.2 Å². The molecule has 6 rings (SSSR count). The molecule has 4 nitrogen and oxygen atoms in total. The third kappa shape index (κ3) is 3.50. The molecule has 0 N–H and O–H groups in total. The summed E-state index contributed by atoms with van der Waals surface area (Å²) in [4.78, 5) is 14.1. The summed E-state index contributed by atoms with van der Waals surface area (Å²) in [5.41, 5.74) is 6.68. The summed E-state index contributed by atoms with van der Waals surface area (Å²) >= 11 is 0. The van der Waals surface area contributed by atoms with Gasteiger partial charge in [-0.2, -0.15) is 0 Å². The molecule has 4 heteroatoms. The van der Waals surface area contributed by atoms with Crippen LogP contribution in [0.15, 0.2) is 91.0 Å². The van der Waals surface area contributed by atoms with E-state index in [1.165, 1.54) is 5.56 Å². The summed E-state index contributed by atoms with van der Waals surface area (Å²) in [5, 5.41) is 2.19. The van der Waals surface area contributed by atoms with Crippen LogP contribution < -0.4 is 9.47 Å². The zero-order valence-corrected chi connectivity index (χ0v) is 19.7. The van der Waals surface area contributed by atoms with E-state index in [4.69, 9.17) is 9.47 Å². The molecule has 0 bridgehead atoms. The van der Waals surface area contributed by atoms with Crippen LogP contribution in [0.5, 0.6) is 11.5 Å². The molecule has 2 heterocycles. The zero-order valence-electron chi connectivity index (χ0n) is 19.7. The molecule has 0 radical (unpaired) electrons. The molecule has 0 atom stereocenters. The van der Waals surface area contributed by atoms with Gasteiger partial charge in [0.25, 0.3) is 0 Å². The summed E-state index contributed by atoms with van der Waals surface area (Å²) in [6.45, 7) is 0.722. The van der Waals surface area contributed by atoms with Crippen molar-refractivity contribution in [3.05, 3.63) is 108 Å². The maximum absolute atomic E-state index is 14.1. The largest absolute Gasteiger partial charge is 0.493 e. The Bertz CT molecular complexity index is 1580. The first-order chi connectivity index (χ1) is 17.2. The van der Waals surface area contributed by atoms with Gasteiger partial charge < -0.3 is 14.0 Å². The normalized spacial score (nSPS) is 12.2. The lowest BCUT2D eigenvalue weighted by atomic mass is 9.97. The third-order valence-electron chi connectivity index (χ3n) is 6.90. The van der Waals surface area contributed by atoms with E-state index in [1.54, 1.807) is 14.2 Å². The lowest BCUT2D eigenvalue weighted by Crippen LogP contribution is -2.17. The van der Waals surface area contributed by atoms with Crippen molar-refractivity contribution < 1.29 is 14.3 Å². The first-order valence-corrected chi connectivity index (χ1v) is 11.8. The molecular formula is C31H25NO3. The Labute approximate surface area is 204 Å². The molecule has 0 spiro atoms. The fourth-order valence-electron chi connectivity index (χ4n) is 5.15. The molecule has 5 aromatic rings. The first kappa shape index (κ1) is 21.2. The van der Waals surface area contributed by atoms with Gasteiger partial charge in [-0.25, -0.2) is 0 Å². The molecule has 0 saturated carbocycles. The van der Waals surface area contributed by atoms with Crippen molar-refractivity contribution in [1.82, 2.24) is 4.57 Å². The summed E-state index contributed by atoms with van der Waals surface area (Å²) < 4.78 is 13.3. The minimum absolute atomic E-state index is 0.0322. The number of rotatable bonds is 5. The molecule has 0 saturated heterocycles. The van der Waals surface area contributed by atoms with Gasteiger partial charge in [-0.1, -0.05) is 66.7 Å². The number of nitrogens with zero attached hydrogens (tertiary/aromatic N) is 1. The highest BCUT2D eigenvalue weighted by molar-refractivity contribution is 6.14. The van der Waals surface area contributed by atoms with Crippen LogP contribution in [0.1, 0.15) is 21.6 Å². The van der Waals surface area contributed by atoms with Gasteiger partial charge in [0.05, 0.1) is 19.9 Å². The monoisotopic (exact) mass is 459 g/mol. The quantitative estimate of drug-likeness (QED) is 0.272. The number of hydrogen-bond acceptors (Lipinski definition) is 3.